The van der Waals surface area contributed by atoms with Gasteiger partial charge >= 0.3 is 0 Å². The van der Waals surface area contributed by atoms with E-state index >= 15 is 0 Å². The van der Waals surface area contributed by atoms with E-state index in [1.165, 1.54) is 0 Å². The summed E-state index contributed by atoms with van der Waals surface area (Å²) in [5.74, 6) is 2.57. The van der Waals surface area contributed by atoms with Gasteiger partial charge in [-0.2, -0.15) is 5.10 Å². The summed E-state index contributed by atoms with van der Waals surface area (Å²) in [6.45, 7) is 0.671. The van der Waals surface area contributed by atoms with Crippen molar-refractivity contribution in [2.45, 2.75) is 13.0 Å². The number of aromatic nitrogens is 2. The molecule has 0 aliphatic heterocycles. The molecule has 0 aliphatic carbocycles. The van der Waals surface area contributed by atoms with Crippen LogP contribution in [0.15, 0.2) is 24.3 Å². The Morgan fingerprint density at radius 3 is 2.93 bits per heavy atom. The van der Waals surface area contributed by atoms with E-state index in [-0.39, 0.29) is 0 Å². The minimum Gasteiger partial charge on any atom is -0.252 e. The smallest absolute Gasteiger partial charge is 0.134 e. The van der Waals surface area contributed by atoms with Crippen molar-refractivity contribution in [1.82, 2.24) is 9.78 Å². The summed E-state index contributed by atoms with van der Waals surface area (Å²) in [4.78, 5) is 0. The van der Waals surface area contributed by atoms with Crippen molar-refractivity contribution in [3.05, 3.63) is 29.4 Å². The Balaban J connectivity index is 2.47. The van der Waals surface area contributed by atoms with E-state index in [4.69, 9.17) is 18.0 Å². The fraction of sp³-hybridized carbons (Fsp3) is 0.182. The molecule has 0 aliphatic rings. The zero-order valence-electron chi connectivity index (χ0n) is 7.57. The Morgan fingerprint density at radius 2 is 2.21 bits per heavy atom. The minimum atomic E-state index is 0.647. The molecule has 0 amide bonds. The van der Waals surface area contributed by atoms with Crippen molar-refractivity contribution in [2.75, 3.05) is 0 Å². The van der Waals surface area contributed by atoms with Crippen LogP contribution in [0.1, 0.15) is 6.42 Å². The predicted octanol–water partition coefficient (Wildman–Crippen LogP) is 2.71. The lowest BCUT2D eigenvalue weighted by molar-refractivity contribution is 0.638. The Kier molecular flexibility index (Phi) is 2.43. The highest BCUT2D eigenvalue weighted by atomic mass is 35.5. The van der Waals surface area contributed by atoms with Gasteiger partial charge in [0.1, 0.15) is 5.15 Å². The summed E-state index contributed by atoms with van der Waals surface area (Å²) in [5.41, 5.74) is 0.912. The molecule has 70 valence electrons. The molecule has 3 heteroatoms. The van der Waals surface area contributed by atoms with Crippen molar-refractivity contribution in [3.8, 4) is 12.3 Å². The highest BCUT2D eigenvalue weighted by molar-refractivity contribution is 6.34. The summed E-state index contributed by atoms with van der Waals surface area (Å²) < 4.78 is 1.74. The second kappa shape index (κ2) is 3.73. The molecule has 14 heavy (non-hydrogen) atoms. The zero-order valence-corrected chi connectivity index (χ0v) is 8.33. The second-order valence-electron chi connectivity index (χ2n) is 2.99. The van der Waals surface area contributed by atoms with Crippen LogP contribution in [0.3, 0.4) is 0 Å². The maximum atomic E-state index is 6.12. The summed E-state index contributed by atoms with van der Waals surface area (Å²) >= 11 is 6.12. The lowest BCUT2D eigenvalue weighted by atomic mass is 10.3. The second-order valence-corrected chi connectivity index (χ2v) is 3.34. The van der Waals surface area contributed by atoms with Gasteiger partial charge in [0.2, 0.25) is 0 Å². The first-order valence-electron chi connectivity index (χ1n) is 4.37. The van der Waals surface area contributed by atoms with Crippen molar-refractivity contribution in [1.29, 1.82) is 0 Å². The van der Waals surface area contributed by atoms with Gasteiger partial charge in [0.15, 0.2) is 0 Å². The van der Waals surface area contributed by atoms with E-state index < -0.39 is 0 Å². The first-order valence-corrected chi connectivity index (χ1v) is 4.75. The average molecular weight is 205 g/mol. The topological polar surface area (TPSA) is 17.8 Å². The van der Waals surface area contributed by atoms with E-state index in [1.807, 2.05) is 24.3 Å². The fourth-order valence-corrected chi connectivity index (χ4v) is 1.65. The first-order chi connectivity index (χ1) is 6.83. The normalized spacial score (nSPS) is 10.3. The van der Waals surface area contributed by atoms with Gasteiger partial charge in [-0.05, 0) is 12.1 Å². The van der Waals surface area contributed by atoms with Crippen LogP contribution in [0.4, 0.5) is 0 Å². The molecule has 2 aromatic rings. The number of halogens is 1. The van der Waals surface area contributed by atoms with Crippen molar-refractivity contribution in [2.24, 2.45) is 0 Å². The lowest BCUT2D eigenvalue weighted by Crippen LogP contribution is -1.98. The number of hydrogen-bond donors (Lipinski definition) is 0. The average Bonchev–Trinajstić information content (AvgIpc) is 2.54. The van der Waals surface area contributed by atoms with Crippen LogP contribution in [0, 0.1) is 12.3 Å². The van der Waals surface area contributed by atoms with Gasteiger partial charge in [-0.3, -0.25) is 4.68 Å². The quantitative estimate of drug-likeness (QED) is 0.688. The first kappa shape index (κ1) is 9.11. The molecule has 0 saturated carbocycles. The van der Waals surface area contributed by atoms with Crippen LogP contribution in [0.5, 0.6) is 0 Å². The number of aryl methyl sites for hydroxylation is 1. The molecule has 1 aromatic heterocycles. The summed E-state index contributed by atoms with van der Waals surface area (Å²) in [6, 6.07) is 7.78. The Bertz CT molecular complexity index is 493. The molecular formula is C11H9ClN2. The molecule has 0 atom stereocenters. The van der Waals surface area contributed by atoms with E-state index in [9.17, 15) is 0 Å². The molecule has 0 N–H and O–H groups in total. The molecule has 2 nitrogen and oxygen atoms in total. The highest BCUT2D eigenvalue weighted by Crippen LogP contribution is 2.22. The van der Waals surface area contributed by atoms with Crippen LogP contribution >= 0.6 is 11.6 Å². The zero-order chi connectivity index (χ0) is 9.97. The molecule has 1 aromatic carbocycles. The third kappa shape index (κ3) is 1.47. The van der Waals surface area contributed by atoms with E-state index in [2.05, 4.69) is 11.0 Å². The maximum Gasteiger partial charge on any atom is 0.134 e. The van der Waals surface area contributed by atoms with Gasteiger partial charge in [-0.15, -0.1) is 12.3 Å². The summed E-state index contributed by atoms with van der Waals surface area (Å²) in [7, 11) is 0. The standard InChI is InChI=1S/C11H9ClN2/c1-2-3-8-14-11(12)9-6-4-5-7-10(9)13-14/h1,4-7H,3,8H2. The number of hydrogen-bond acceptors (Lipinski definition) is 1. The number of terminal acetylenes is 1. The van der Waals surface area contributed by atoms with Gasteiger partial charge in [-0.25, -0.2) is 0 Å². The maximum absolute atomic E-state index is 6.12. The molecule has 0 bridgehead atoms. The largest absolute Gasteiger partial charge is 0.252 e. The van der Waals surface area contributed by atoms with Gasteiger partial charge in [0, 0.05) is 11.8 Å². The Hall–Kier alpha value is -1.46. The Labute approximate surface area is 87.5 Å². The van der Waals surface area contributed by atoms with Gasteiger partial charge in [-0.1, -0.05) is 23.7 Å². The van der Waals surface area contributed by atoms with E-state index in [1.54, 1.807) is 4.68 Å². The molecular weight excluding hydrogens is 196 g/mol. The van der Waals surface area contributed by atoms with E-state index in [0.717, 1.165) is 10.9 Å². The van der Waals surface area contributed by atoms with Crippen molar-refractivity contribution in [3.63, 3.8) is 0 Å². The molecule has 0 unspecified atom stereocenters. The number of fused-ring (bicyclic) bond motifs is 1. The molecule has 2 rings (SSSR count). The summed E-state index contributed by atoms with van der Waals surface area (Å²) in [6.07, 6.45) is 5.83. The monoisotopic (exact) mass is 204 g/mol. The van der Waals surface area contributed by atoms with Crippen LogP contribution in [-0.4, -0.2) is 9.78 Å². The lowest BCUT2D eigenvalue weighted by Gasteiger charge is -1.97. The van der Waals surface area contributed by atoms with Crippen molar-refractivity contribution >= 4 is 22.5 Å². The minimum absolute atomic E-state index is 0.647. The summed E-state index contributed by atoms with van der Waals surface area (Å²) in [5, 5.41) is 5.98. The number of rotatable bonds is 2. The fourth-order valence-electron chi connectivity index (χ4n) is 1.37. The van der Waals surface area contributed by atoms with Crippen molar-refractivity contribution < 1.29 is 0 Å². The van der Waals surface area contributed by atoms with E-state index in [0.29, 0.717) is 18.1 Å². The third-order valence-electron chi connectivity index (χ3n) is 2.05. The van der Waals surface area contributed by atoms with Gasteiger partial charge in [0.25, 0.3) is 0 Å². The van der Waals surface area contributed by atoms with Crippen LogP contribution in [-0.2, 0) is 6.54 Å². The van der Waals surface area contributed by atoms with Gasteiger partial charge < -0.3 is 0 Å². The molecule has 0 spiro atoms. The third-order valence-corrected chi connectivity index (χ3v) is 2.45. The SMILES string of the molecule is C#CCCn1nc2ccccc2c1Cl. The molecule has 0 saturated heterocycles. The number of benzene rings is 1. The Morgan fingerprint density at radius 1 is 1.43 bits per heavy atom. The predicted molar refractivity (Wildman–Crippen MR) is 58.2 cm³/mol. The highest BCUT2D eigenvalue weighted by Gasteiger charge is 2.06. The molecule has 0 radical (unpaired) electrons. The van der Waals surface area contributed by atoms with Gasteiger partial charge in [0.05, 0.1) is 12.1 Å². The molecule has 1 heterocycles. The number of nitrogens with zero attached hydrogens (tertiary/aromatic N) is 2. The van der Waals surface area contributed by atoms with Crippen LogP contribution < -0.4 is 0 Å². The van der Waals surface area contributed by atoms with Crippen LogP contribution in [0.2, 0.25) is 5.15 Å². The van der Waals surface area contributed by atoms with Crippen LogP contribution in [0.25, 0.3) is 10.9 Å². The molecule has 0 fully saturated rings.